The van der Waals surface area contributed by atoms with Crippen molar-refractivity contribution in [2.75, 3.05) is 11.9 Å². The Morgan fingerprint density at radius 2 is 1.78 bits per heavy atom. The molecule has 1 aliphatic heterocycles. The van der Waals surface area contributed by atoms with E-state index < -0.39 is 17.7 Å². The SMILES string of the molecule is Cc1noc(-c2cccc(NC(=O)CN3C(=O)c4ccccc4C3=O)c2)n1. The second-order valence-corrected chi connectivity index (χ2v) is 6.02. The van der Waals surface area contributed by atoms with Crippen LogP contribution in [0.5, 0.6) is 0 Å². The van der Waals surface area contributed by atoms with E-state index in [2.05, 4.69) is 15.5 Å². The molecule has 3 aromatic rings. The quantitative estimate of drug-likeness (QED) is 0.714. The molecule has 3 amide bonds. The maximum atomic E-state index is 12.4. The molecule has 8 heteroatoms. The number of nitrogens with one attached hydrogen (secondary N) is 1. The van der Waals surface area contributed by atoms with E-state index in [1.54, 1.807) is 55.5 Å². The molecule has 4 rings (SSSR count). The Bertz CT molecular complexity index is 1040. The van der Waals surface area contributed by atoms with Gasteiger partial charge in [-0.1, -0.05) is 23.4 Å². The Labute approximate surface area is 153 Å². The van der Waals surface area contributed by atoms with Gasteiger partial charge in [-0.3, -0.25) is 19.3 Å². The third kappa shape index (κ3) is 3.08. The average Bonchev–Trinajstić information content (AvgIpc) is 3.20. The lowest BCUT2D eigenvalue weighted by Crippen LogP contribution is -2.37. The molecule has 2 heterocycles. The first-order valence-electron chi connectivity index (χ1n) is 8.19. The number of hydrogen-bond acceptors (Lipinski definition) is 6. The first-order valence-corrected chi connectivity index (χ1v) is 8.19. The van der Waals surface area contributed by atoms with Crippen molar-refractivity contribution in [3.05, 3.63) is 65.5 Å². The lowest BCUT2D eigenvalue weighted by molar-refractivity contribution is -0.116. The van der Waals surface area contributed by atoms with Crippen molar-refractivity contribution in [3.63, 3.8) is 0 Å². The number of carbonyl (C=O) groups is 3. The number of anilines is 1. The van der Waals surface area contributed by atoms with Gasteiger partial charge in [-0.2, -0.15) is 4.98 Å². The highest BCUT2D eigenvalue weighted by Crippen LogP contribution is 2.23. The molecule has 1 aromatic heterocycles. The van der Waals surface area contributed by atoms with Crippen LogP contribution >= 0.6 is 0 Å². The number of imide groups is 1. The third-order valence-electron chi connectivity index (χ3n) is 4.10. The summed E-state index contributed by atoms with van der Waals surface area (Å²) in [6.07, 6.45) is 0. The van der Waals surface area contributed by atoms with E-state index >= 15 is 0 Å². The zero-order valence-electron chi connectivity index (χ0n) is 14.3. The second kappa shape index (κ2) is 6.49. The van der Waals surface area contributed by atoms with Crippen molar-refractivity contribution in [1.82, 2.24) is 15.0 Å². The molecule has 134 valence electrons. The minimum absolute atomic E-state index is 0.309. The van der Waals surface area contributed by atoms with Crippen LogP contribution in [-0.4, -0.2) is 39.3 Å². The van der Waals surface area contributed by atoms with Gasteiger partial charge in [-0.15, -0.1) is 0 Å². The number of aryl methyl sites for hydroxylation is 1. The standard InChI is InChI=1S/C19H14N4O4/c1-11-20-17(27-22-11)12-5-4-6-13(9-12)21-16(24)10-23-18(25)14-7-2-3-8-15(14)19(23)26/h2-9H,10H2,1H3,(H,21,24). The highest BCUT2D eigenvalue weighted by molar-refractivity contribution is 6.22. The predicted molar refractivity (Wildman–Crippen MR) is 94.9 cm³/mol. The molecule has 0 saturated carbocycles. The van der Waals surface area contributed by atoms with Gasteiger partial charge in [-0.05, 0) is 37.3 Å². The van der Waals surface area contributed by atoms with Gasteiger partial charge < -0.3 is 9.84 Å². The Morgan fingerprint density at radius 3 is 2.41 bits per heavy atom. The van der Waals surface area contributed by atoms with Gasteiger partial charge in [0.05, 0.1) is 11.1 Å². The summed E-state index contributed by atoms with van der Waals surface area (Å²) in [5, 5.41) is 6.41. The number of carbonyl (C=O) groups excluding carboxylic acids is 3. The van der Waals surface area contributed by atoms with Gasteiger partial charge >= 0.3 is 0 Å². The van der Waals surface area contributed by atoms with Crippen molar-refractivity contribution < 1.29 is 18.9 Å². The number of aromatic nitrogens is 2. The number of nitrogens with zero attached hydrogens (tertiary/aromatic N) is 3. The second-order valence-electron chi connectivity index (χ2n) is 6.02. The van der Waals surface area contributed by atoms with Gasteiger partial charge in [-0.25, -0.2) is 0 Å². The van der Waals surface area contributed by atoms with Crippen LogP contribution in [0.1, 0.15) is 26.5 Å². The van der Waals surface area contributed by atoms with Crippen LogP contribution in [0.3, 0.4) is 0 Å². The molecule has 1 N–H and O–H groups in total. The van der Waals surface area contributed by atoms with Crippen molar-refractivity contribution in [3.8, 4) is 11.5 Å². The van der Waals surface area contributed by atoms with E-state index in [1.165, 1.54) is 0 Å². The zero-order valence-corrected chi connectivity index (χ0v) is 14.3. The van der Waals surface area contributed by atoms with Crippen LogP contribution in [0.15, 0.2) is 53.1 Å². The van der Waals surface area contributed by atoms with Crippen molar-refractivity contribution in [2.24, 2.45) is 0 Å². The van der Waals surface area contributed by atoms with Gasteiger partial charge in [0.25, 0.3) is 17.7 Å². The Kier molecular flexibility index (Phi) is 4.00. The highest BCUT2D eigenvalue weighted by Gasteiger charge is 2.36. The number of rotatable bonds is 4. The molecule has 27 heavy (non-hydrogen) atoms. The fourth-order valence-electron chi connectivity index (χ4n) is 2.87. The van der Waals surface area contributed by atoms with Crippen molar-refractivity contribution >= 4 is 23.4 Å². The summed E-state index contributed by atoms with van der Waals surface area (Å²) in [4.78, 5) is 42.1. The molecule has 8 nitrogen and oxygen atoms in total. The normalized spacial score (nSPS) is 13.0. The molecule has 1 aliphatic rings. The fourth-order valence-corrected chi connectivity index (χ4v) is 2.87. The lowest BCUT2D eigenvalue weighted by atomic mass is 10.1. The van der Waals surface area contributed by atoms with E-state index in [9.17, 15) is 14.4 Å². The van der Waals surface area contributed by atoms with Crippen LogP contribution in [0.2, 0.25) is 0 Å². The Morgan fingerprint density at radius 1 is 1.07 bits per heavy atom. The van der Waals surface area contributed by atoms with Crippen LogP contribution in [-0.2, 0) is 4.79 Å². The molecular weight excluding hydrogens is 348 g/mol. The monoisotopic (exact) mass is 362 g/mol. The summed E-state index contributed by atoms with van der Waals surface area (Å²) >= 11 is 0. The summed E-state index contributed by atoms with van der Waals surface area (Å²) in [6, 6.07) is 13.4. The molecule has 0 radical (unpaired) electrons. The topological polar surface area (TPSA) is 105 Å². The Balaban J connectivity index is 1.48. The van der Waals surface area contributed by atoms with Gasteiger partial charge in [0.1, 0.15) is 6.54 Å². The Hall–Kier alpha value is -3.81. The molecule has 2 aromatic carbocycles. The number of fused-ring (bicyclic) bond motifs is 1. The van der Waals surface area contributed by atoms with Crippen molar-refractivity contribution in [1.29, 1.82) is 0 Å². The number of benzene rings is 2. The fraction of sp³-hybridized carbons (Fsp3) is 0.105. The molecule has 0 spiro atoms. The van der Waals surface area contributed by atoms with E-state index in [1.807, 2.05) is 0 Å². The van der Waals surface area contributed by atoms with Gasteiger partial charge in [0.2, 0.25) is 5.91 Å². The first-order chi connectivity index (χ1) is 13.0. The number of hydrogen-bond donors (Lipinski definition) is 1. The zero-order chi connectivity index (χ0) is 19.0. The smallest absolute Gasteiger partial charge is 0.262 e. The molecule has 0 aliphatic carbocycles. The highest BCUT2D eigenvalue weighted by atomic mass is 16.5. The first kappa shape index (κ1) is 16.6. The molecule has 0 bridgehead atoms. The third-order valence-corrected chi connectivity index (χ3v) is 4.10. The maximum absolute atomic E-state index is 12.4. The minimum atomic E-state index is -0.483. The summed E-state index contributed by atoms with van der Waals surface area (Å²) in [7, 11) is 0. The maximum Gasteiger partial charge on any atom is 0.262 e. The summed E-state index contributed by atoms with van der Waals surface area (Å²) in [5.74, 6) is -0.584. The van der Waals surface area contributed by atoms with Gasteiger partial charge in [0, 0.05) is 11.3 Å². The predicted octanol–water partition coefficient (Wildman–Crippen LogP) is 2.28. The van der Waals surface area contributed by atoms with Gasteiger partial charge in [0.15, 0.2) is 5.82 Å². The van der Waals surface area contributed by atoms with E-state index in [0.717, 1.165) is 4.90 Å². The lowest BCUT2D eigenvalue weighted by Gasteiger charge is -2.13. The summed E-state index contributed by atoms with van der Waals surface area (Å²) in [6.45, 7) is 1.34. The minimum Gasteiger partial charge on any atom is -0.334 e. The molecular formula is C19H14N4O4. The molecule has 0 fully saturated rings. The van der Waals surface area contributed by atoms with Crippen LogP contribution in [0.4, 0.5) is 5.69 Å². The van der Waals surface area contributed by atoms with Crippen LogP contribution in [0.25, 0.3) is 11.5 Å². The van der Waals surface area contributed by atoms with E-state index in [-0.39, 0.29) is 6.54 Å². The average molecular weight is 362 g/mol. The van der Waals surface area contributed by atoms with Crippen LogP contribution < -0.4 is 5.32 Å². The van der Waals surface area contributed by atoms with E-state index in [4.69, 9.17) is 4.52 Å². The number of amides is 3. The van der Waals surface area contributed by atoms with E-state index in [0.29, 0.717) is 34.1 Å². The molecule has 0 atom stereocenters. The largest absolute Gasteiger partial charge is 0.334 e. The van der Waals surface area contributed by atoms with Crippen LogP contribution in [0, 0.1) is 6.92 Å². The molecule has 0 saturated heterocycles. The molecule has 0 unspecified atom stereocenters. The van der Waals surface area contributed by atoms with Crippen molar-refractivity contribution in [2.45, 2.75) is 6.92 Å². The summed E-state index contributed by atoms with van der Waals surface area (Å²) in [5.41, 5.74) is 1.76. The summed E-state index contributed by atoms with van der Waals surface area (Å²) < 4.78 is 5.11.